The molecule has 2 N–H and O–H groups in total. The van der Waals surface area contributed by atoms with Crippen LogP contribution >= 0.6 is 0 Å². The van der Waals surface area contributed by atoms with Gasteiger partial charge >= 0.3 is 0 Å². The zero-order chi connectivity index (χ0) is 18.9. The topological polar surface area (TPSA) is 67.4 Å². The van der Waals surface area contributed by atoms with E-state index in [0.29, 0.717) is 16.7 Å². The van der Waals surface area contributed by atoms with E-state index in [1.165, 1.54) is 0 Å². The molecule has 5 nitrogen and oxygen atoms in total. The van der Waals surface area contributed by atoms with Gasteiger partial charge in [-0.25, -0.2) is 0 Å². The van der Waals surface area contributed by atoms with E-state index in [4.69, 9.17) is 4.74 Å². The maximum atomic E-state index is 12.1. The van der Waals surface area contributed by atoms with Crippen LogP contribution in [0.4, 0.5) is 0 Å². The number of hydrogen-bond donors (Lipinski definition) is 2. The van der Waals surface area contributed by atoms with Crippen molar-refractivity contribution in [1.82, 2.24) is 10.6 Å². The molecule has 0 atom stereocenters. The van der Waals surface area contributed by atoms with E-state index in [2.05, 4.69) is 22.5 Å². The molecule has 0 unspecified atom stereocenters. The maximum Gasteiger partial charge on any atom is 0.252 e. The van der Waals surface area contributed by atoms with Gasteiger partial charge in [-0.2, -0.15) is 0 Å². The fourth-order valence-electron chi connectivity index (χ4n) is 2.25. The van der Waals surface area contributed by atoms with Crippen LogP contribution in [0.3, 0.4) is 0 Å². The minimum atomic E-state index is -0.213. The quantitative estimate of drug-likeness (QED) is 0.815. The van der Waals surface area contributed by atoms with Gasteiger partial charge in [0.2, 0.25) is 0 Å². The first-order valence-corrected chi connectivity index (χ1v) is 8.36. The lowest BCUT2D eigenvalue weighted by Crippen LogP contribution is -2.23. The highest BCUT2D eigenvalue weighted by molar-refractivity contribution is 5.96. The van der Waals surface area contributed by atoms with Gasteiger partial charge in [0.1, 0.15) is 5.75 Å². The number of benzene rings is 2. The highest BCUT2D eigenvalue weighted by atomic mass is 16.5. The van der Waals surface area contributed by atoms with E-state index in [-0.39, 0.29) is 24.5 Å². The Labute approximate surface area is 153 Å². The molecule has 0 aliphatic carbocycles. The second-order valence-electron chi connectivity index (χ2n) is 5.80. The van der Waals surface area contributed by atoms with E-state index >= 15 is 0 Å². The molecule has 0 bridgehead atoms. The smallest absolute Gasteiger partial charge is 0.252 e. The van der Waals surface area contributed by atoms with Crippen LogP contribution in [-0.2, 0) is 0 Å². The van der Waals surface area contributed by atoms with E-state index in [0.717, 1.165) is 5.75 Å². The summed E-state index contributed by atoms with van der Waals surface area (Å²) in [5.41, 5.74) is 1.67. The number of nitrogens with one attached hydrogen (secondary N) is 2. The Kier molecular flexibility index (Phi) is 6.81. The zero-order valence-electron chi connectivity index (χ0n) is 15.1. The monoisotopic (exact) mass is 350 g/mol. The van der Waals surface area contributed by atoms with Crippen molar-refractivity contribution in [3.63, 3.8) is 0 Å². The zero-order valence-corrected chi connectivity index (χ0v) is 15.1. The first-order valence-electron chi connectivity index (χ1n) is 8.36. The molecule has 5 heteroatoms. The van der Waals surface area contributed by atoms with Gasteiger partial charge in [-0.05, 0) is 50.2 Å². The van der Waals surface area contributed by atoms with Crippen LogP contribution < -0.4 is 15.4 Å². The van der Waals surface area contributed by atoms with E-state index in [9.17, 15) is 9.59 Å². The molecule has 0 fully saturated rings. The summed E-state index contributed by atoms with van der Waals surface area (Å²) in [7, 11) is 1.57. The molecule has 0 aliphatic rings. The molecular formula is C21H22N2O3. The number of ether oxygens (including phenoxy) is 1. The molecule has 134 valence electrons. The van der Waals surface area contributed by atoms with Gasteiger partial charge in [0.25, 0.3) is 11.8 Å². The standard InChI is InChI=1S/C21H22N2O3/c1-15(2)26-18-12-10-17(11-13-18)20(24)23-14-6-8-16-7-4-5-9-19(16)21(25)22-3/h4-5,7,9-13,15H,14H2,1-3H3,(H,22,25)(H,23,24). The van der Waals surface area contributed by atoms with Gasteiger partial charge in [0.15, 0.2) is 0 Å². The van der Waals surface area contributed by atoms with Crippen LogP contribution in [0.1, 0.15) is 40.1 Å². The predicted octanol–water partition coefficient (Wildman–Crippen LogP) is 2.61. The molecule has 0 radical (unpaired) electrons. The van der Waals surface area contributed by atoms with Crippen molar-refractivity contribution in [3.05, 3.63) is 65.2 Å². The van der Waals surface area contributed by atoms with Crippen molar-refractivity contribution in [2.45, 2.75) is 20.0 Å². The molecule has 0 saturated carbocycles. The first-order chi connectivity index (χ1) is 12.5. The summed E-state index contributed by atoms with van der Waals surface area (Å²) in [6.07, 6.45) is 0.0858. The normalized spacial score (nSPS) is 9.85. The third-order valence-corrected chi connectivity index (χ3v) is 3.45. The average Bonchev–Trinajstić information content (AvgIpc) is 2.65. The van der Waals surface area contributed by atoms with Gasteiger partial charge < -0.3 is 15.4 Å². The van der Waals surface area contributed by atoms with E-state index < -0.39 is 0 Å². The molecule has 0 spiro atoms. The largest absolute Gasteiger partial charge is 0.491 e. The fourth-order valence-corrected chi connectivity index (χ4v) is 2.25. The predicted molar refractivity (Wildman–Crippen MR) is 101 cm³/mol. The highest BCUT2D eigenvalue weighted by Gasteiger charge is 2.07. The summed E-state index contributed by atoms with van der Waals surface area (Å²) < 4.78 is 5.55. The van der Waals surface area contributed by atoms with Crippen LogP contribution in [0.5, 0.6) is 5.75 Å². The van der Waals surface area contributed by atoms with Crippen molar-refractivity contribution in [2.75, 3.05) is 13.6 Å². The van der Waals surface area contributed by atoms with Crippen LogP contribution in [0.25, 0.3) is 0 Å². The minimum absolute atomic E-state index is 0.0858. The van der Waals surface area contributed by atoms with Crippen molar-refractivity contribution in [1.29, 1.82) is 0 Å². The third-order valence-electron chi connectivity index (χ3n) is 3.45. The lowest BCUT2D eigenvalue weighted by molar-refractivity contribution is 0.0952. The Balaban J connectivity index is 1.95. The second kappa shape index (κ2) is 9.28. The molecule has 2 aromatic rings. The third kappa shape index (κ3) is 5.38. The van der Waals surface area contributed by atoms with E-state index in [1.807, 2.05) is 19.9 Å². The van der Waals surface area contributed by atoms with Crippen LogP contribution in [-0.4, -0.2) is 31.5 Å². The number of rotatable bonds is 5. The first kappa shape index (κ1) is 19.1. The number of amides is 2. The van der Waals surface area contributed by atoms with Gasteiger partial charge in [-0.3, -0.25) is 9.59 Å². The SMILES string of the molecule is CNC(=O)c1ccccc1C#CCNC(=O)c1ccc(OC(C)C)cc1. The molecule has 2 aromatic carbocycles. The van der Waals surface area contributed by atoms with Crippen LogP contribution in [0, 0.1) is 11.8 Å². The average molecular weight is 350 g/mol. The molecule has 0 aliphatic heterocycles. The molecule has 2 amide bonds. The minimum Gasteiger partial charge on any atom is -0.491 e. The molecule has 2 rings (SSSR count). The summed E-state index contributed by atoms with van der Waals surface area (Å²) in [4.78, 5) is 23.9. The van der Waals surface area contributed by atoms with Gasteiger partial charge in [-0.1, -0.05) is 24.0 Å². The Morgan fingerprint density at radius 2 is 1.73 bits per heavy atom. The van der Waals surface area contributed by atoms with Crippen molar-refractivity contribution in [2.24, 2.45) is 0 Å². The highest BCUT2D eigenvalue weighted by Crippen LogP contribution is 2.13. The van der Waals surface area contributed by atoms with Crippen molar-refractivity contribution >= 4 is 11.8 Å². The van der Waals surface area contributed by atoms with Gasteiger partial charge in [0, 0.05) is 18.2 Å². The lowest BCUT2D eigenvalue weighted by Gasteiger charge is -2.09. The second-order valence-corrected chi connectivity index (χ2v) is 5.80. The van der Waals surface area contributed by atoms with Gasteiger partial charge in [0.05, 0.1) is 18.2 Å². The molecule has 0 heterocycles. The van der Waals surface area contributed by atoms with E-state index in [1.54, 1.807) is 49.5 Å². The lowest BCUT2D eigenvalue weighted by atomic mass is 10.1. The van der Waals surface area contributed by atoms with Crippen molar-refractivity contribution < 1.29 is 14.3 Å². The Morgan fingerprint density at radius 3 is 2.38 bits per heavy atom. The summed E-state index contributed by atoms with van der Waals surface area (Å²) in [6, 6.07) is 14.0. The van der Waals surface area contributed by atoms with Crippen LogP contribution in [0.2, 0.25) is 0 Å². The summed E-state index contributed by atoms with van der Waals surface area (Å²) in [6.45, 7) is 4.08. The van der Waals surface area contributed by atoms with Gasteiger partial charge in [-0.15, -0.1) is 0 Å². The molecule has 0 aromatic heterocycles. The Morgan fingerprint density at radius 1 is 1.04 bits per heavy atom. The molecular weight excluding hydrogens is 328 g/mol. The number of carbonyl (C=O) groups excluding carboxylic acids is 2. The number of carbonyl (C=O) groups is 2. The molecule has 26 heavy (non-hydrogen) atoms. The Bertz CT molecular complexity index is 830. The summed E-state index contributed by atoms with van der Waals surface area (Å²) in [5, 5.41) is 5.32. The molecule has 0 saturated heterocycles. The summed E-state index contributed by atoms with van der Waals surface area (Å²) in [5.74, 6) is 6.11. The van der Waals surface area contributed by atoms with Crippen molar-refractivity contribution in [3.8, 4) is 17.6 Å². The Hall–Kier alpha value is -3.26. The maximum absolute atomic E-state index is 12.1. The van der Waals surface area contributed by atoms with Crippen LogP contribution in [0.15, 0.2) is 48.5 Å². The summed E-state index contributed by atoms with van der Waals surface area (Å²) >= 11 is 0. The number of hydrogen-bond acceptors (Lipinski definition) is 3. The fraction of sp³-hybridized carbons (Fsp3) is 0.238.